The highest BCUT2D eigenvalue weighted by Crippen LogP contribution is 2.46. The van der Waals surface area contributed by atoms with Gasteiger partial charge in [-0.15, -0.1) is 6.58 Å². The predicted octanol–water partition coefficient (Wildman–Crippen LogP) is 3.69. The Kier molecular flexibility index (Phi) is 2.77. The van der Waals surface area contributed by atoms with Gasteiger partial charge in [0.2, 0.25) is 0 Å². The summed E-state index contributed by atoms with van der Waals surface area (Å²) in [6.45, 7) is 4.60. The molecule has 1 aliphatic heterocycles. The van der Waals surface area contributed by atoms with Gasteiger partial charge in [-0.3, -0.25) is 0 Å². The van der Waals surface area contributed by atoms with Gasteiger partial charge in [0.15, 0.2) is 0 Å². The van der Waals surface area contributed by atoms with Crippen molar-refractivity contribution in [3.05, 3.63) is 83.9 Å². The lowest BCUT2D eigenvalue weighted by Crippen LogP contribution is -2.13. The summed E-state index contributed by atoms with van der Waals surface area (Å²) in [4.78, 5) is 0. The molecule has 2 aromatic carbocycles. The highest BCUT2D eigenvalue weighted by Gasteiger charge is 2.48. The number of epoxide rings is 1. The first-order valence-corrected chi connectivity index (χ1v) is 6.25. The number of hydrogen-bond donors (Lipinski definition) is 0. The molecule has 1 unspecified atom stereocenters. The molecular weight excluding hydrogens is 220 g/mol. The fraction of sp³-hybridized carbons (Fsp3) is 0.176. The molecule has 0 N–H and O–H groups in total. The predicted molar refractivity (Wildman–Crippen MR) is 73.5 cm³/mol. The van der Waals surface area contributed by atoms with Crippen molar-refractivity contribution in [2.24, 2.45) is 0 Å². The molecule has 1 atom stereocenters. The van der Waals surface area contributed by atoms with Crippen LogP contribution < -0.4 is 0 Å². The van der Waals surface area contributed by atoms with Crippen molar-refractivity contribution in [2.75, 3.05) is 6.61 Å². The number of allylic oxidation sites excluding steroid dienone is 1. The van der Waals surface area contributed by atoms with Crippen molar-refractivity contribution in [3.8, 4) is 0 Å². The van der Waals surface area contributed by atoms with Gasteiger partial charge in [0.1, 0.15) is 5.60 Å². The van der Waals surface area contributed by atoms with Gasteiger partial charge in [-0.05, 0) is 23.1 Å². The first-order valence-electron chi connectivity index (χ1n) is 6.25. The third-order valence-corrected chi connectivity index (χ3v) is 3.49. The molecule has 1 nitrogen and oxygen atoms in total. The molecule has 1 heterocycles. The molecule has 0 aliphatic carbocycles. The van der Waals surface area contributed by atoms with Crippen LogP contribution in [-0.4, -0.2) is 6.61 Å². The lowest BCUT2D eigenvalue weighted by Gasteiger charge is -2.16. The van der Waals surface area contributed by atoms with E-state index in [2.05, 4.69) is 55.1 Å². The number of hydrogen-bond acceptors (Lipinski definition) is 1. The Balaban J connectivity index is 2.07. The zero-order valence-corrected chi connectivity index (χ0v) is 10.3. The normalized spacial score (nSPS) is 21.6. The first kappa shape index (κ1) is 11.2. The first-order chi connectivity index (χ1) is 8.87. The Bertz CT molecular complexity index is 553. The van der Waals surface area contributed by atoms with Crippen molar-refractivity contribution in [1.29, 1.82) is 0 Å². The summed E-state index contributed by atoms with van der Waals surface area (Å²) in [6.07, 6.45) is 2.83. The van der Waals surface area contributed by atoms with E-state index in [0.29, 0.717) is 0 Å². The maximum Gasteiger partial charge on any atom is 0.142 e. The fourth-order valence-corrected chi connectivity index (χ4v) is 2.50. The van der Waals surface area contributed by atoms with Gasteiger partial charge in [0.05, 0.1) is 6.61 Å². The quantitative estimate of drug-likeness (QED) is 0.582. The van der Waals surface area contributed by atoms with Gasteiger partial charge in [0.25, 0.3) is 0 Å². The summed E-state index contributed by atoms with van der Waals surface area (Å²) in [6, 6.07) is 18.9. The third kappa shape index (κ3) is 1.77. The Morgan fingerprint density at radius 1 is 1.06 bits per heavy atom. The number of benzene rings is 2. The van der Waals surface area contributed by atoms with Crippen LogP contribution in [0.3, 0.4) is 0 Å². The molecule has 0 bridgehead atoms. The molecule has 0 spiro atoms. The zero-order valence-electron chi connectivity index (χ0n) is 10.3. The summed E-state index contributed by atoms with van der Waals surface area (Å²) in [5.41, 5.74) is 3.59. The standard InChI is InChI=1S/C17H16O/c1-2-8-14-9-6-7-12-16(14)17(13-18-17)15-10-4-3-5-11-15/h2-7,9-12H,1,8,13H2. The monoisotopic (exact) mass is 236 g/mol. The largest absolute Gasteiger partial charge is 0.359 e. The van der Waals surface area contributed by atoms with Gasteiger partial charge in [0, 0.05) is 0 Å². The van der Waals surface area contributed by atoms with Crippen LogP contribution in [0.4, 0.5) is 0 Å². The second kappa shape index (κ2) is 4.43. The summed E-state index contributed by atoms with van der Waals surface area (Å²) < 4.78 is 5.82. The number of rotatable bonds is 4. The minimum absolute atomic E-state index is 0.221. The molecule has 18 heavy (non-hydrogen) atoms. The third-order valence-electron chi connectivity index (χ3n) is 3.49. The van der Waals surface area contributed by atoms with Crippen LogP contribution in [0, 0.1) is 0 Å². The van der Waals surface area contributed by atoms with Gasteiger partial charge >= 0.3 is 0 Å². The molecule has 3 rings (SSSR count). The van der Waals surface area contributed by atoms with Crippen molar-refractivity contribution >= 4 is 0 Å². The van der Waals surface area contributed by atoms with E-state index in [1.165, 1.54) is 16.7 Å². The maximum absolute atomic E-state index is 5.82. The van der Waals surface area contributed by atoms with Crippen LogP contribution in [0.15, 0.2) is 67.3 Å². The lowest BCUT2D eigenvalue weighted by molar-refractivity contribution is 0.348. The van der Waals surface area contributed by atoms with E-state index >= 15 is 0 Å². The van der Waals surface area contributed by atoms with E-state index in [1.54, 1.807) is 0 Å². The molecule has 90 valence electrons. The van der Waals surface area contributed by atoms with Crippen LogP contribution in [0.5, 0.6) is 0 Å². The topological polar surface area (TPSA) is 12.5 Å². The van der Waals surface area contributed by atoms with Gasteiger partial charge in [-0.25, -0.2) is 0 Å². The highest BCUT2D eigenvalue weighted by atomic mass is 16.6. The Hall–Kier alpha value is -1.86. The van der Waals surface area contributed by atoms with Crippen LogP contribution in [0.1, 0.15) is 16.7 Å². The Morgan fingerprint density at radius 2 is 1.72 bits per heavy atom. The number of ether oxygens (including phenoxy) is 1. The van der Waals surface area contributed by atoms with Crippen LogP contribution >= 0.6 is 0 Å². The molecular formula is C17H16O. The molecule has 0 amide bonds. The van der Waals surface area contributed by atoms with E-state index in [9.17, 15) is 0 Å². The molecule has 0 radical (unpaired) electrons. The van der Waals surface area contributed by atoms with E-state index in [4.69, 9.17) is 4.74 Å². The summed E-state index contributed by atoms with van der Waals surface area (Å²) in [5.74, 6) is 0. The Morgan fingerprint density at radius 3 is 2.39 bits per heavy atom. The second-order valence-electron chi connectivity index (χ2n) is 4.63. The molecule has 1 saturated heterocycles. The highest BCUT2D eigenvalue weighted by molar-refractivity contribution is 5.45. The van der Waals surface area contributed by atoms with Gasteiger partial charge in [-0.2, -0.15) is 0 Å². The minimum Gasteiger partial charge on any atom is -0.359 e. The van der Waals surface area contributed by atoms with E-state index in [0.717, 1.165) is 13.0 Å². The van der Waals surface area contributed by atoms with Crippen molar-refractivity contribution in [3.63, 3.8) is 0 Å². The molecule has 1 aliphatic rings. The lowest BCUT2D eigenvalue weighted by atomic mass is 9.87. The Labute approximate surface area is 108 Å². The second-order valence-corrected chi connectivity index (χ2v) is 4.63. The molecule has 1 fully saturated rings. The molecule has 1 heteroatoms. The summed E-state index contributed by atoms with van der Waals surface area (Å²) in [5, 5.41) is 0. The molecule has 0 aromatic heterocycles. The van der Waals surface area contributed by atoms with Crippen LogP contribution in [-0.2, 0) is 16.8 Å². The van der Waals surface area contributed by atoms with Crippen LogP contribution in [0.25, 0.3) is 0 Å². The van der Waals surface area contributed by atoms with Crippen molar-refractivity contribution < 1.29 is 4.74 Å². The van der Waals surface area contributed by atoms with Crippen LogP contribution in [0.2, 0.25) is 0 Å². The SMILES string of the molecule is C=CCc1ccccc1C1(c2ccccc2)CO1. The van der Waals surface area contributed by atoms with E-state index in [-0.39, 0.29) is 5.60 Å². The summed E-state index contributed by atoms with van der Waals surface area (Å²) >= 11 is 0. The van der Waals surface area contributed by atoms with Gasteiger partial charge in [-0.1, -0.05) is 60.7 Å². The minimum atomic E-state index is -0.221. The van der Waals surface area contributed by atoms with E-state index in [1.807, 2.05) is 12.1 Å². The smallest absolute Gasteiger partial charge is 0.142 e. The van der Waals surface area contributed by atoms with Crippen molar-refractivity contribution in [2.45, 2.75) is 12.0 Å². The average Bonchev–Trinajstić information content (AvgIpc) is 3.22. The summed E-state index contributed by atoms with van der Waals surface area (Å²) in [7, 11) is 0. The fourth-order valence-electron chi connectivity index (χ4n) is 2.50. The van der Waals surface area contributed by atoms with Crippen molar-refractivity contribution in [1.82, 2.24) is 0 Å². The zero-order chi connectivity index (χ0) is 12.4. The molecule has 2 aromatic rings. The maximum atomic E-state index is 5.82. The average molecular weight is 236 g/mol. The molecule has 0 saturated carbocycles. The van der Waals surface area contributed by atoms with Gasteiger partial charge < -0.3 is 4.74 Å². The van der Waals surface area contributed by atoms with E-state index < -0.39 is 0 Å².